The van der Waals surface area contributed by atoms with E-state index in [0.717, 1.165) is 11.1 Å². The second-order valence-corrected chi connectivity index (χ2v) is 2.38. The van der Waals surface area contributed by atoms with Crippen molar-refractivity contribution in [3.05, 3.63) is 60.8 Å². The van der Waals surface area contributed by atoms with E-state index in [1.807, 2.05) is 50.3 Å². The van der Waals surface area contributed by atoms with Crippen molar-refractivity contribution in [2.24, 2.45) is 0 Å². The Bertz CT molecular complexity index is 237. The Hall–Kier alpha value is -1.30. The minimum atomic E-state index is 0.991. The molecular weight excluding hydrogens is 144 g/mol. The summed E-state index contributed by atoms with van der Waals surface area (Å²) in [5, 5.41) is 0. The van der Waals surface area contributed by atoms with Gasteiger partial charge in [-0.15, -0.1) is 0 Å². The first-order valence-electron chi connectivity index (χ1n) is 4.03. The van der Waals surface area contributed by atoms with Crippen molar-refractivity contribution in [2.75, 3.05) is 0 Å². The molecule has 0 aromatic heterocycles. The molecule has 0 aliphatic rings. The molecule has 0 aromatic carbocycles. The summed E-state index contributed by atoms with van der Waals surface area (Å²) < 4.78 is 0. The molecule has 12 heavy (non-hydrogen) atoms. The topological polar surface area (TPSA) is 0 Å². The molecule has 0 bridgehead atoms. The molecule has 0 aromatic rings. The molecule has 0 atom stereocenters. The minimum absolute atomic E-state index is 0.991. The van der Waals surface area contributed by atoms with Gasteiger partial charge in [-0.3, -0.25) is 0 Å². The lowest BCUT2D eigenvalue weighted by atomic mass is 10.1. The second kappa shape index (κ2) is 6.41. The second-order valence-electron chi connectivity index (χ2n) is 2.38. The summed E-state index contributed by atoms with van der Waals surface area (Å²) in [5.74, 6) is 0. The van der Waals surface area contributed by atoms with Gasteiger partial charge in [-0.2, -0.15) is 0 Å². The zero-order valence-corrected chi connectivity index (χ0v) is 7.88. The Morgan fingerprint density at radius 1 is 1.17 bits per heavy atom. The lowest BCUT2D eigenvalue weighted by Crippen LogP contribution is -1.78. The molecule has 0 saturated heterocycles. The van der Waals surface area contributed by atoms with Crippen molar-refractivity contribution in [1.29, 1.82) is 0 Å². The highest BCUT2D eigenvalue weighted by Crippen LogP contribution is 2.10. The Labute approximate surface area is 75.3 Å². The maximum Gasteiger partial charge on any atom is -0.0196 e. The average molecular weight is 160 g/mol. The van der Waals surface area contributed by atoms with Crippen molar-refractivity contribution >= 4 is 0 Å². The maximum absolute atomic E-state index is 3.91. The van der Waals surface area contributed by atoms with E-state index >= 15 is 0 Å². The summed E-state index contributed by atoms with van der Waals surface area (Å²) in [5.41, 5.74) is 2.05. The highest BCUT2D eigenvalue weighted by Gasteiger charge is 1.90. The molecular formula is C12H16. The van der Waals surface area contributed by atoms with Crippen LogP contribution in [0.3, 0.4) is 0 Å². The van der Waals surface area contributed by atoms with Crippen LogP contribution in [0.1, 0.15) is 13.8 Å². The molecule has 0 saturated carbocycles. The van der Waals surface area contributed by atoms with Crippen LogP contribution in [0, 0.1) is 0 Å². The highest BCUT2D eigenvalue weighted by molar-refractivity contribution is 5.45. The van der Waals surface area contributed by atoms with Crippen LogP contribution >= 0.6 is 0 Å². The van der Waals surface area contributed by atoms with E-state index in [2.05, 4.69) is 13.2 Å². The molecule has 0 nitrogen and oxygen atoms in total. The SMILES string of the molecule is C=C/C(=C\C=C/C)C(=C)/C=C\C. The van der Waals surface area contributed by atoms with E-state index in [1.54, 1.807) is 0 Å². The van der Waals surface area contributed by atoms with Crippen molar-refractivity contribution in [3.63, 3.8) is 0 Å². The predicted octanol–water partition coefficient (Wildman–Crippen LogP) is 3.81. The molecule has 64 valence electrons. The number of hydrogen-bond acceptors (Lipinski definition) is 0. The van der Waals surface area contributed by atoms with Gasteiger partial charge in [0, 0.05) is 0 Å². The largest absolute Gasteiger partial charge is 0.0984 e. The monoisotopic (exact) mass is 160 g/mol. The normalized spacial score (nSPS) is 12.7. The van der Waals surface area contributed by atoms with Crippen LogP contribution in [0.4, 0.5) is 0 Å². The molecule has 0 unspecified atom stereocenters. The molecule has 0 spiro atoms. The van der Waals surface area contributed by atoms with E-state index in [1.165, 1.54) is 0 Å². The first-order chi connectivity index (χ1) is 5.76. The van der Waals surface area contributed by atoms with Crippen LogP contribution in [0.5, 0.6) is 0 Å². The Kier molecular flexibility index (Phi) is 5.72. The molecule has 0 heteroatoms. The van der Waals surface area contributed by atoms with Crippen LogP contribution in [-0.4, -0.2) is 0 Å². The van der Waals surface area contributed by atoms with Gasteiger partial charge in [0.05, 0.1) is 0 Å². The highest BCUT2D eigenvalue weighted by atomic mass is 14.0. The fraction of sp³-hybridized carbons (Fsp3) is 0.167. The molecule has 0 rings (SSSR count). The number of allylic oxidation sites excluding steroid dienone is 8. The first kappa shape index (κ1) is 10.7. The fourth-order valence-electron chi connectivity index (χ4n) is 0.803. The lowest BCUT2D eigenvalue weighted by Gasteiger charge is -1.98. The van der Waals surface area contributed by atoms with Crippen molar-refractivity contribution in [1.82, 2.24) is 0 Å². The van der Waals surface area contributed by atoms with Gasteiger partial charge in [0.1, 0.15) is 0 Å². The van der Waals surface area contributed by atoms with E-state index in [4.69, 9.17) is 0 Å². The summed E-state index contributed by atoms with van der Waals surface area (Å²) in [6, 6.07) is 0. The summed E-state index contributed by atoms with van der Waals surface area (Å²) >= 11 is 0. The van der Waals surface area contributed by atoms with Gasteiger partial charge < -0.3 is 0 Å². The van der Waals surface area contributed by atoms with Gasteiger partial charge in [0.15, 0.2) is 0 Å². The van der Waals surface area contributed by atoms with E-state index in [9.17, 15) is 0 Å². The van der Waals surface area contributed by atoms with Gasteiger partial charge >= 0.3 is 0 Å². The predicted molar refractivity (Wildman–Crippen MR) is 57.0 cm³/mol. The van der Waals surface area contributed by atoms with Gasteiger partial charge in [-0.1, -0.05) is 49.6 Å². The zero-order chi connectivity index (χ0) is 9.40. The smallest absolute Gasteiger partial charge is 0.0196 e. The third-order valence-corrected chi connectivity index (χ3v) is 1.43. The molecule has 0 N–H and O–H groups in total. The average Bonchev–Trinajstić information content (AvgIpc) is 2.06. The Morgan fingerprint density at radius 2 is 1.83 bits per heavy atom. The van der Waals surface area contributed by atoms with Crippen LogP contribution in [-0.2, 0) is 0 Å². The summed E-state index contributed by atoms with van der Waals surface area (Å²) in [4.78, 5) is 0. The third-order valence-electron chi connectivity index (χ3n) is 1.43. The first-order valence-corrected chi connectivity index (χ1v) is 4.03. The van der Waals surface area contributed by atoms with Gasteiger partial charge in [0.25, 0.3) is 0 Å². The van der Waals surface area contributed by atoms with Gasteiger partial charge in [-0.25, -0.2) is 0 Å². The van der Waals surface area contributed by atoms with Crippen LogP contribution in [0.25, 0.3) is 0 Å². The maximum atomic E-state index is 3.91. The Balaban J connectivity index is 4.55. The van der Waals surface area contributed by atoms with Crippen LogP contribution < -0.4 is 0 Å². The minimum Gasteiger partial charge on any atom is -0.0984 e. The third kappa shape index (κ3) is 3.77. The Morgan fingerprint density at radius 3 is 2.25 bits per heavy atom. The quantitative estimate of drug-likeness (QED) is 0.549. The summed E-state index contributed by atoms with van der Waals surface area (Å²) in [6.45, 7) is 11.6. The zero-order valence-electron chi connectivity index (χ0n) is 7.88. The van der Waals surface area contributed by atoms with Crippen molar-refractivity contribution in [2.45, 2.75) is 13.8 Å². The van der Waals surface area contributed by atoms with E-state index in [-0.39, 0.29) is 0 Å². The molecule has 0 heterocycles. The fourth-order valence-corrected chi connectivity index (χ4v) is 0.803. The molecule has 0 amide bonds. The van der Waals surface area contributed by atoms with E-state index in [0.29, 0.717) is 0 Å². The van der Waals surface area contributed by atoms with Crippen LogP contribution in [0.2, 0.25) is 0 Å². The molecule has 0 fully saturated rings. The van der Waals surface area contributed by atoms with Crippen LogP contribution in [0.15, 0.2) is 60.8 Å². The number of rotatable bonds is 4. The molecule has 0 radical (unpaired) electrons. The van der Waals surface area contributed by atoms with E-state index < -0.39 is 0 Å². The number of hydrogen-bond donors (Lipinski definition) is 0. The summed E-state index contributed by atoms with van der Waals surface area (Å²) in [7, 11) is 0. The molecule has 0 aliphatic heterocycles. The molecule has 0 aliphatic carbocycles. The van der Waals surface area contributed by atoms with Gasteiger partial charge in [0.2, 0.25) is 0 Å². The van der Waals surface area contributed by atoms with Crippen molar-refractivity contribution < 1.29 is 0 Å². The van der Waals surface area contributed by atoms with Gasteiger partial charge in [-0.05, 0) is 25.0 Å². The van der Waals surface area contributed by atoms with Crippen molar-refractivity contribution in [3.8, 4) is 0 Å². The lowest BCUT2D eigenvalue weighted by molar-refractivity contribution is 1.55. The standard InChI is InChI=1S/C12H16/c1-5-8-10-12(7-3)11(4)9-6-2/h5-10H,3-4H2,1-2H3/b8-5-,9-6-,12-10+. The summed E-state index contributed by atoms with van der Waals surface area (Å²) in [6.07, 6.45) is 11.7.